The van der Waals surface area contributed by atoms with Gasteiger partial charge in [-0.25, -0.2) is 4.98 Å². The minimum Gasteiger partial charge on any atom is -0.369 e. The summed E-state index contributed by atoms with van der Waals surface area (Å²) in [5.41, 5.74) is 5.92. The van der Waals surface area contributed by atoms with Crippen molar-refractivity contribution in [3.05, 3.63) is 11.2 Å². The smallest absolute Gasteiger partial charge is 0.223 e. The second-order valence-electron chi connectivity index (χ2n) is 5.16. The predicted molar refractivity (Wildman–Crippen MR) is 71.1 cm³/mol. The third-order valence-corrected chi connectivity index (χ3v) is 3.66. The monoisotopic (exact) mass is 254 g/mol. The van der Waals surface area contributed by atoms with Crippen LogP contribution >= 0.6 is 11.6 Å². The Bertz CT molecular complexity index is 368. The van der Waals surface area contributed by atoms with Gasteiger partial charge in [-0.05, 0) is 18.3 Å². The van der Waals surface area contributed by atoms with Crippen LogP contribution in [0.3, 0.4) is 0 Å². The van der Waals surface area contributed by atoms with Gasteiger partial charge in [-0.1, -0.05) is 37.8 Å². The minimum absolute atomic E-state index is 0.216. The molecule has 1 saturated carbocycles. The summed E-state index contributed by atoms with van der Waals surface area (Å²) < 4.78 is 0. The molecule has 0 saturated heterocycles. The van der Waals surface area contributed by atoms with Gasteiger partial charge in [0.25, 0.3) is 0 Å². The molecule has 0 amide bonds. The zero-order valence-corrected chi connectivity index (χ0v) is 10.9. The molecule has 2 rings (SSSR count). The summed E-state index contributed by atoms with van der Waals surface area (Å²) in [7, 11) is 0. The SMILES string of the molecule is CC1(CNc2cc(Cl)nc(N)n2)CCCCC1. The molecule has 0 atom stereocenters. The summed E-state index contributed by atoms with van der Waals surface area (Å²) in [6.45, 7) is 3.24. The average Bonchev–Trinajstić information content (AvgIpc) is 2.26. The van der Waals surface area contributed by atoms with Crippen LogP contribution in [-0.2, 0) is 0 Å². The number of nitrogens with one attached hydrogen (secondary N) is 1. The van der Waals surface area contributed by atoms with Gasteiger partial charge in [0.15, 0.2) is 0 Å². The van der Waals surface area contributed by atoms with Crippen LogP contribution in [0, 0.1) is 5.41 Å². The maximum Gasteiger partial charge on any atom is 0.223 e. The number of aromatic nitrogens is 2. The predicted octanol–water partition coefficient (Wildman–Crippen LogP) is 3.09. The van der Waals surface area contributed by atoms with Crippen molar-refractivity contribution in [3.63, 3.8) is 0 Å². The third-order valence-electron chi connectivity index (χ3n) is 3.47. The topological polar surface area (TPSA) is 63.8 Å². The summed E-state index contributed by atoms with van der Waals surface area (Å²) in [6.07, 6.45) is 6.56. The van der Waals surface area contributed by atoms with Gasteiger partial charge < -0.3 is 11.1 Å². The van der Waals surface area contributed by atoms with E-state index >= 15 is 0 Å². The van der Waals surface area contributed by atoms with Gasteiger partial charge in [0.05, 0.1) is 0 Å². The van der Waals surface area contributed by atoms with Gasteiger partial charge in [-0.2, -0.15) is 4.98 Å². The highest BCUT2D eigenvalue weighted by atomic mass is 35.5. The molecule has 1 aromatic rings. The molecule has 1 aromatic heterocycles. The molecular weight excluding hydrogens is 236 g/mol. The molecule has 0 aromatic carbocycles. The lowest BCUT2D eigenvalue weighted by molar-refractivity contribution is 0.233. The number of nitrogens with two attached hydrogens (primary N) is 1. The standard InChI is InChI=1S/C12H19ClN4/c1-12(5-3-2-4-6-12)8-15-10-7-9(13)16-11(14)17-10/h7H,2-6,8H2,1H3,(H3,14,15,16,17). The summed E-state index contributed by atoms with van der Waals surface area (Å²) in [4.78, 5) is 7.96. The summed E-state index contributed by atoms with van der Waals surface area (Å²) >= 11 is 5.84. The first-order valence-electron chi connectivity index (χ1n) is 6.11. The van der Waals surface area contributed by atoms with Gasteiger partial charge in [0.1, 0.15) is 11.0 Å². The van der Waals surface area contributed by atoms with E-state index in [-0.39, 0.29) is 5.95 Å². The molecule has 1 fully saturated rings. The van der Waals surface area contributed by atoms with Gasteiger partial charge in [0, 0.05) is 12.6 Å². The lowest BCUT2D eigenvalue weighted by atomic mass is 9.76. The number of halogens is 1. The lowest BCUT2D eigenvalue weighted by Gasteiger charge is -2.33. The Kier molecular flexibility index (Phi) is 3.72. The van der Waals surface area contributed by atoms with Crippen LogP contribution in [0.25, 0.3) is 0 Å². The summed E-state index contributed by atoms with van der Waals surface area (Å²) in [6, 6.07) is 1.71. The van der Waals surface area contributed by atoms with Crippen molar-refractivity contribution < 1.29 is 0 Å². The van der Waals surface area contributed by atoms with Gasteiger partial charge in [0.2, 0.25) is 5.95 Å². The third kappa shape index (κ3) is 3.46. The molecule has 0 radical (unpaired) electrons. The molecule has 1 aliphatic carbocycles. The Labute approximate surface area is 107 Å². The van der Waals surface area contributed by atoms with Crippen molar-refractivity contribution in [2.24, 2.45) is 5.41 Å². The van der Waals surface area contributed by atoms with E-state index in [0.717, 1.165) is 6.54 Å². The second-order valence-corrected chi connectivity index (χ2v) is 5.55. The van der Waals surface area contributed by atoms with Crippen LogP contribution in [0.15, 0.2) is 6.07 Å². The van der Waals surface area contributed by atoms with E-state index in [0.29, 0.717) is 16.4 Å². The van der Waals surface area contributed by atoms with Crippen LogP contribution in [0.2, 0.25) is 5.15 Å². The number of anilines is 2. The first-order chi connectivity index (χ1) is 8.07. The van der Waals surface area contributed by atoms with Gasteiger partial charge >= 0.3 is 0 Å². The molecule has 0 spiro atoms. The van der Waals surface area contributed by atoms with Crippen molar-refractivity contribution in [1.82, 2.24) is 9.97 Å². The molecule has 3 N–H and O–H groups in total. The van der Waals surface area contributed by atoms with Gasteiger partial charge in [-0.15, -0.1) is 0 Å². The highest BCUT2D eigenvalue weighted by molar-refractivity contribution is 6.29. The maximum absolute atomic E-state index is 5.84. The number of nitrogen functional groups attached to an aromatic ring is 1. The van der Waals surface area contributed by atoms with E-state index in [1.165, 1.54) is 32.1 Å². The Morgan fingerprint density at radius 2 is 2.06 bits per heavy atom. The molecule has 4 nitrogen and oxygen atoms in total. The van der Waals surface area contributed by atoms with Crippen molar-refractivity contribution >= 4 is 23.4 Å². The summed E-state index contributed by atoms with van der Waals surface area (Å²) in [5.74, 6) is 0.933. The number of nitrogens with zero attached hydrogens (tertiary/aromatic N) is 2. The molecular formula is C12H19ClN4. The minimum atomic E-state index is 0.216. The fourth-order valence-corrected chi connectivity index (χ4v) is 2.60. The summed E-state index contributed by atoms with van der Waals surface area (Å²) in [5, 5.41) is 3.70. The molecule has 17 heavy (non-hydrogen) atoms. The first kappa shape index (κ1) is 12.4. The Balaban J connectivity index is 1.96. The Hall–Kier alpha value is -1.03. The van der Waals surface area contributed by atoms with E-state index in [9.17, 15) is 0 Å². The number of hydrogen-bond donors (Lipinski definition) is 2. The van der Waals surface area contributed by atoms with Crippen LogP contribution < -0.4 is 11.1 Å². The van der Waals surface area contributed by atoms with Crippen molar-refractivity contribution in [1.29, 1.82) is 0 Å². The first-order valence-corrected chi connectivity index (χ1v) is 6.49. The van der Waals surface area contributed by atoms with Gasteiger partial charge in [-0.3, -0.25) is 0 Å². The molecule has 0 unspecified atom stereocenters. The maximum atomic E-state index is 5.84. The molecule has 1 aliphatic rings. The highest BCUT2D eigenvalue weighted by Gasteiger charge is 2.26. The van der Waals surface area contributed by atoms with Crippen LogP contribution in [0.4, 0.5) is 11.8 Å². The lowest BCUT2D eigenvalue weighted by Crippen LogP contribution is -2.29. The van der Waals surface area contributed by atoms with Crippen LogP contribution in [0.1, 0.15) is 39.0 Å². The molecule has 94 valence electrons. The molecule has 5 heteroatoms. The fraction of sp³-hybridized carbons (Fsp3) is 0.667. The Morgan fingerprint density at radius 1 is 1.35 bits per heavy atom. The van der Waals surface area contributed by atoms with E-state index in [1.54, 1.807) is 6.07 Å². The largest absolute Gasteiger partial charge is 0.369 e. The number of rotatable bonds is 3. The zero-order valence-electron chi connectivity index (χ0n) is 10.2. The highest BCUT2D eigenvalue weighted by Crippen LogP contribution is 2.35. The average molecular weight is 255 g/mol. The van der Waals surface area contributed by atoms with E-state index in [1.807, 2.05) is 0 Å². The molecule has 0 bridgehead atoms. The fourth-order valence-electron chi connectivity index (χ4n) is 2.41. The van der Waals surface area contributed by atoms with Crippen LogP contribution in [0.5, 0.6) is 0 Å². The quantitative estimate of drug-likeness (QED) is 0.814. The van der Waals surface area contributed by atoms with Crippen molar-refractivity contribution in [2.75, 3.05) is 17.6 Å². The zero-order chi connectivity index (χ0) is 12.3. The normalized spacial score (nSPS) is 18.9. The molecule has 1 heterocycles. The second kappa shape index (κ2) is 5.08. The van der Waals surface area contributed by atoms with Crippen molar-refractivity contribution in [3.8, 4) is 0 Å². The number of hydrogen-bond acceptors (Lipinski definition) is 4. The molecule has 0 aliphatic heterocycles. The van der Waals surface area contributed by atoms with E-state index < -0.39 is 0 Å². The van der Waals surface area contributed by atoms with E-state index in [2.05, 4.69) is 22.2 Å². The van der Waals surface area contributed by atoms with E-state index in [4.69, 9.17) is 17.3 Å². The Morgan fingerprint density at radius 3 is 2.71 bits per heavy atom. The van der Waals surface area contributed by atoms with Crippen molar-refractivity contribution in [2.45, 2.75) is 39.0 Å². The van der Waals surface area contributed by atoms with Crippen LogP contribution in [-0.4, -0.2) is 16.5 Å².